The van der Waals surface area contributed by atoms with Crippen LogP contribution in [0.1, 0.15) is 40.2 Å². The molecule has 1 aromatic carbocycles. The number of carbonyl (C=O) groups is 1. The highest BCUT2D eigenvalue weighted by Gasteiger charge is 2.21. The number of benzene rings is 1. The largest absolute Gasteiger partial charge is 0.326 e. The Morgan fingerprint density at radius 1 is 1.26 bits per heavy atom. The predicted octanol–water partition coefficient (Wildman–Crippen LogP) is 3.42. The van der Waals surface area contributed by atoms with Gasteiger partial charge in [0.2, 0.25) is 5.91 Å². The Morgan fingerprint density at radius 2 is 1.89 bits per heavy atom. The molecule has 0 radical (unpaired) electrons. The van der Waals surface area contributed by atoms with Gasteiger partial charge in [0.05, 0.1) is 0 Å². The van der Waals surface area contributed by atoms with Gasteiger partial charge >= 0.3 is 0 Å². The summed E-state index contributed by atoms with van der Waals surface area (Å²) in [6, 6.07) is 7.91. The van der Waals surface area contributed by atoms with Crippen molar-refractivity contribution in [2.24, 2.45) is 11.3 Å². The van der Waals surface area contributed by atoms with Crippen molar-refractivity contribution in [3.05, 3.63) is 29.8 Å². The third kappa shape index (κ3) is 5.03. The summed E-state index contributed by atoms with van der Waals surface area (Å²) in [6.07, 6.45) is 0. The smallest absolute Gasteiger partial charge is 0.221 e. The Bertz CT molecular complexity index is 425. The van der Waals surface area contributed by atoms with Crippen molar-refractivity contribution in [3.63, 3.8) is 0 Å². The van der Waals surface area contributed by atoms with Crippen molar-refractivity contribution >= 4 is 11.6 Å². The van der Waals surface area contributed by atoms with Gasteiger partial charge in [0.25, 0.3) is 0 Å². The fraction of sp³-hybridized carbons (Fsp3) is 0.562. The molecule has 0 aliphatic carbocycles. The first-order valence-electron chi connectivity index (χ1n) is 6.89. The van der Waals surface area contributed by atoms with Crippen LogP contribution in [0.5, 0.6) is 0 Å². The molecule has 0 fully saturated rings. The first-order chi connectivity index (χ1) is 8.83. The molecule has 0 aliphatic heterocycles. The zero-order valence-electron chi connectivity index (χ0n) is 12.7. The van der Waals surface area contributed by atoms with Gasteiger partial charge in [-0.3, -0.25) is 4.79 Å². The van der Waals surface area contributed by atoms with Crippen LogP contribution in [0.2, 0.25) is 0 Å². The molecule has 3 heteroatoms. The van der Waals surface area contributed by atoms with Gasteiger partial charge < -0.3 is 10.6 Å². The van der Waals surface area contributed by atoms with E-state index in [1.165, 1.54) is 6.92 Å². The van der Waals surface area contributed by atoms with Crippen LogP contribution in [-0.4, -0.2) is 12.5 Å². The number of para-hydroxylation sites is 1. The Kier molecular flexibility index (Phi) is 5.55. The molecule has 106 valence electrons. The fourth-order valence-corrected chi connectivity index (χ4v) is 1.71. The molecule has 0 unspecified atom stereocenters. The van der Waals surface area contributed by atoms with Crippen molar-refractivity contribution in [3.8, 4) is 0 Å². The lowest BCUT2D eigenvalue weighted by Crippen LogP contribution is -2.33. The maximum atomic E-state index is 11.2. The first kappa shape index (κ1) is 15.7. The number of hydrogen-bond acceptors (Lipinski definition) is 2. The number of nitrogens with one attached hydrogen (secondary N) is 2. The van der Waals surface area contributed by atoms with Gasteiger partial charge in [-0.25, -0.2) is 0 Å². The molecule has 1 amide bonds. The van der Waals surface area contributed by atoms with Gasteiger partial charge in [0.1, 0.15) is 0 Å². The lowest BCUT2D eigenvalue weighted by atomic mass is 9.81. The van der Waals surface area contributed by atoms with E-state index in [4.69, 9.17) is 0 Å². The minimum absolute atomic E-state index is 0.0324. The van der Waals surface area contributed by atoms with Crippen LogP contribution in [-0.2, 0) is 11.3 Å². The van der Waals surface area contributed by atoms with Crippen LogP contribution in [0.15, 0.2) is 24.3 Å². The highest BCUT2D eigenvalue weighted by Crippen LogP contribution is 2.25. The predicted molar refractivity (Wildman–Crippen MR) is 81.1 cm³/mol. The highest BCUT2D eigenvalue weighted by molar-refractivity contribution is 5.89. The molecule has 0 aliphatic rings. The third-order valence-electron chi connectivity index (χ3n) is 3.79. The van der Waals surface area contributed by atoms with E-state index in [1.54, 1.807) is 0 Å². The van der Waals surface area contributed by atoms with E-state index in [2.05, 4.69) is 38.3 Å². The molecule has 0 bridgehead atoms. The van der Waals surface area contributed by atoms with Gasteiger partial charge in [-0.1, -0.05) is 45.9 Å². The summed E-state index contributed by atoms with van der Waals surface area (Å²) in [5.41, 5.74) is 2.28. The quantitative estimate of drug-likeness (QED) is 0.825. The minimum Gasteiger partial charge on any atom is -0.326 e. The van der Waals surface area contributed by atoms with Gasteiger partial charge in [0, 0.05) is 25.7 Å². The molecule has 0 spiro atoms. The monoisotopic (exact) mass is 262 g/mol. The number of amides is 1. The molecule has 0 saturated carbocycles. The van der Waals surface area contributed by atoms with Crippen molar-refractivity contribution < 1.29 is 4.79 Å². The highest BCUT2D eigenvalue weighted by atomic mass is 16.1. The van der Waals surface area contributed by atoms with Gasteiger partial charge in [-0.05, 0) is 23.0 Å². The number of carbonyl (C=O) groups excluding carboxylic acids is 1. The average molecular weight is 262 g/mol. The van der Waals surface area contributed by atoms with Gasteiger partial charge in [-0.15, -0.1) is 0 Å². The standard InChI is InChI=1S/C16H26N2O/c1-12(2)16(4,5)11-17-10-14-8-6-7-9-15(14)18-13(3)19/h6-9,12,17H,10-11H2,1-5H3,(H,18,19). The van der Waals surface area contributed by atoms with Crippen molar-refractivity contribution in [2.45, 2.75) is 41.2 Å². The van der Waals surface area contributed by atoms with E-state index in [0.29, 0.717) is 5.92 Å². The summed E-state index contributed by atoms with van der Waals surface area (Å²) in [5.74, 6) is 0.598. The Morgan fingerprint density at radius 3 is 2.47 bits per heavy atom. The van der Waals surface area contributed by atoms with E-state index in [1.807, 2.05) is 24.3 Å². The second-order valence-electron chi connectivity index (χ2n) is 6.09. The second kappa shape index (κ2) is 6.71. The van der Waals surface area contributed by atoms with Crippen LogP contribution >= 0.6 is 0 Å². The Balaban J connectivity index is 2.61. The lowest BCUT2D eigenvalue weighted by molar-refractivity contribution is -0.114. The molecular formula is C16H26N2O. The molecule has 0 heterocycles. The summed E-state index contributed by atoms with van der Waals surface area (Å²) in [7, 11) is 0. The Hall–Kier alpha value is -1.35. The van der Waals surface area contributed by atoms with Crippen molar-refractivity contribution in [1.82, 2.24) is 5.32 Å². The molecule has 0 aromatic heterocycles. The maximum Gasteiger partial charge on any atom is 0.221 e. The molecule has 3 nitrogen and oxygen atoms in total. The summed E-state index contributed by atoms with van der Waals surface area (Å²) in [4.78, 5) is 11.2. The normalized spacial score (nSPS) is 11.7. The molecule has 19 heavy (non-hydrogen) atoms. The summed E-state index contributed by atoms with van der Waals surface area (Å²) in [6.45, 7) is 12.3. The topological polar surface area (TPSA) is 41.1 Å². The molecule has 1 rings (SSSR count). The summed E-state index contributed by atoms with van der Waals surface area (Å²) < 4.78 is 0. The molecule has 1 aromatic rings. The second-order valence-corrected chi connectivity index (χ2v) is 6.09. The lowest BCUT2D eigenvalue weighted by Gasteiger charge is -2.29. The zero-order valence-corrected chi connectivity index (χ0v) is 12.7. The fourth-order valence-electron chi connectivity index (χ4n) is 1.71. The summed E-state index contributed by atoms with van der Waals surface area (Å²) >= 11 is 0. The van der Waals surface area contributed by atoms with Crippen molar-refractivity contribution in [2.75, 3.05) is 11.9 Å². The molecule has 2 N–H and O–H groups in total. The first-order valence-corrected chi connectivity index (χ1v) is 6.89. The SMILES string of the molecule is CC(=O)Nc1ccccc1CNCC(C)(C)C(C)C. The maximum absolute atomic E-state index is 11.2. The van der Waals surface area contributed by atoms with Gasteiger partial charge in [-0.2, -0.15) is 0 Å². The summed E-state index contributed by atoms with van der Waals surface area (Å²) in [5, 5.41) is 6.35. The van der Waals surface area contributed by atoms with E-state index in [0.717, 1.165) is 24.3 Å². The van der Waals surface area contributed by atoms with Gasteiger partial charge in [0.15, 0.2) is 0 Å². The minimum atomic E-state index is -0.0324. The van der Waals surface area contributed by atoms with Crippen LogP contribution in [0, 0.1) is 11.3 Å². The zero-order chi connectivity index (χ0) is 14.5. The molecule has 0 saturated heterocycles. The van der Waals surface area contributed by atoms with Crippen LogP contribution in [0.3, 0.4) is 0 Å². The average Bonchev–Trinajstić information content (AvgIpc) is 2.30. The number of anilines is 1. The van der Waals surface area contributed by atoms with Crippen molar-refractivity contribution in [1.29, 1.82) is 0 Å². The van der Waals surface area contributed by atoms with E-state index in [9.17, 15) is 4.79 Å². The Labute approximate surface area is 116 Å². The third-order valence-corrected chi connectivity index (χ3v) is 3.79. The van der Waals surface area contributed by atoms with Crippen LogP contribution in [0.4, 0.5) is 5.69 Å². The van der Waals surface area contributed by atoms with Crippen LogP contribution < -0.4 is 10.6 Å². The van der Waals surface area contributed by atoms with E-state index >= 15 is 0 Å². The van der Waals surface area contributed by atoms with E-state index in [-0.39, 0.29) is 11.3 Å². The molecule has 0 atom stereocenters. The molecular weight excluding hydrogens is 236 g/mol. The number of hydrogen-bond donors (Lipinski definition) is 2. The van der Waals surface area contributed by atoms with E-state index < -0.39 is 0 Å². The van der Waals surface area contributed by atoms with Crippen LogP contribution in [0.25, 0.3) is 0 Å². The number of rotatable bonds is 6.